The standard InChI is InChI=1S/C18H25FN6O2/c1-23-8-7-16(22-18(27)21-14-4-2-3-13(19)11-14)25(23)15-5-9-24(10-6-15)17(26)12-20/h2-4,7,11,15H,5-6,8-10,12,20H2,1H3,(H2,21,22,27). The number of likely N-dealkylation sites (tertiary alicyclic amines) is 1. The number of likely N-dealkylation sites (N-methyl/N-ethyl adjacent to an activating group) is 1. The van der Waals surface area contributed by atoms with Crippen LogP contribution in [-0.4, -0.2) is 66.1 Å². The molecule has 0 aliphatic carbocycles. The van der Waals surface area contributed by atoms with Gasteiger partial charge in [-0.15, -0.1) is 0 Å². The van der Waals surface area contributed by atoms with Crippen molar-refractivity contribution >= 4 is 17.6 Å². The normalized spacial score (nSPS) is 18.4. The second kappa shape index (κ2) is 8.36. The van der Waals surface area contributed by atoms with E-state index in [-0.39, 0.29) is 18.5 Å². The van der Waals surface area contributed by atoms with Gasteiger partial charge in [0.25, 0.3) is 0 Å². The van der Waals surface area contributed by atoms with Gasteiger partial charge in [0.15, 0.2) is 0 Å². The summed E-state index contributed by atoms with van der Waals surface area (Å²) in [7, 11) is 1.95. The molecule has 9 heteroatoms. The molecule has 146 valence electrons. The molecule has 0 bridgehead atoms. The molecule has 0 aromatic heterocycles. The molecular weight excluding hydrogens is 351 g/mol. The van der Waals surface area contributed by atoms with Gasteiger partial charge in [-0.3, -0.25) is 15.1 Å². The number of urea groups is 1. The number of halogens is 1. The summed E-state index contributed by atoms with van der Waals surface area (Å²) in [4.78, 5) is 25.8. The van der Waals surface area contributed by atoms with Crippen molar-refractivity contribution in [3.8, 4) is 0 Å². The summed E-state index contributed by atoms with van der Waals surface area (Å²) in [6.45, 7) is 2.00. The van der Waals surface area contributed by atoms with E-state index < -0.39 is 11.8 Å². The van der Waals surface area contributed by atoms with Crippen LogP contribution in [0.4, 0.5) is 14.9 Å². The van der Waals surface area contributed by atoms with E-state index >= 15 is 0 Å². The van der Waals surface area contributed by atoms with Gasteiger partial charge in [-0.2, -0.15) is 0 Å². The van der Waals surface area contributed by atoms with E-state index in [1.807, 2.05) is 18.1 Å². The predicted molar refractivity (Wildman–Crippen MR) is 99.8 cm³/mol. The average Bonchev–Trinajstić information content (AvgIpc) is 3.01. The number of amides is 3. The smallest absolute Gasteiger partial charge is 0.324 e. The molecule has 4 N–H and O–H groups in total. The van der Waals surface area contributed by atoms with E-state index in [4.69, 9.17) is 5.73 Å². The molecular formula is C18H25FN6O2. The summed E-state index contributed by atoms with van der Waals surface area (Å²) in [6.07, 6.45) is 3.52. The van der Waals surface area contributed by atoms with Gasteiger partial charge in [0, 0.05) is 32.4 Å². The Morgan fingerprint density at radius 3 is 2.67 bits per heavy atom. The predicted octanol–water partition coefficient (Wildman–Crippen LogP) is 0.901. The lowest BCUT2D eigenvalue weighted by atomic mass is 10.0. The summed E-state index contributed by atoms with van der Waals surface area (Å²) in [5, 5.41) is 9.56. The van der Waals surface area contributed by atoms with Crippen molar-refractivity contribution in [1.82, 2.24) is 20.2 Å². The lowest BCUT2D eigenvalue weighted by Crippen LogP contribution is -2.52. The molecule has 0 saturated carbocycles. The number of anilines is 1. The molecule has 1 aromatic rings. The van der Waals surface area contributed by atoms with Crippen LogP contribution in [0.2, 0.25) is 0 Å². The first-order valence-electron chi connectivity index (χ1n) is 9.00. The van der Waals surface area contributed by atoms with Crippen molar-refractivity contribution in [2.75, 3.05) is 38.5 Å². The molecule has 8 nitrogen and oxygen atoms in total. The highest BCUT2D eigenvalue weighted by Gasteiger charge is 2.32. The summed E-state index contributed by atoms with van der Waals surface area (Å²) in [6, 6.07) is 5.50. The minimum absolute atomic E-state index is 0.0290. The van der Waals surface area contributed by atoms with Gasteiger partial charge < -0.3 is 16.0 Å². The minimum atomic E-state index is -0.428. The van der Waals surface area contributed by atoms with E-state index in [0.717, 1.165) is 12.8 Å². The molecule has 27 heavy (non-hydrogen) atoms. The van der Waals surface area contributed by atoms with Crippen LogP contribution in [0.5, 0.6) is 0 Å². The lowest BCUT2D eigenvalue weighted by molar-refractivity contribution is -0.131. The molecule has 1 aromatic carbocycles. The van der Waals surface area contributed by atoms with Crippen LogP contribution >= 0.6 is 0 Å². The van der Waals surface area contributed by atoms with Gasteiger partial charge in [-0.05, 0) is 37.1 Å². The number of hydrogen-bond acceptors (Lipinski definition) is 5. The van der Waals surface area contributed by atoms with Gasteiger partial charge in [-0.25, -0.2) is 14.2 Å². The van der Waals surface area contributed by atoms with Gasteiger partial charge in [0.05, 0.1) is 12.6 Å². The summed E-state index contributed by atoms with van der Waals surface area (Å²) < 4.78 is 13.3. The van der Waals surface area contributed by atoms with Gasteiger partial charge in [0.1, 0.15) is 11.6 Å². The first-order valence-corrected chi connectivity index (χ1v) is 9.00. The number of rotatable bonds is 4. The maximum Gasteiger partial charge on any atom is 0.324 e. The van der Waals surface area contributed by atoms with E-state index in [2.05, 4.69) is 15.6 Å². The Morgan fingerprint density at radius 1 is 1.26 bits per heavy atom. The third kappa shape index (κ3) is 4.55. The lowest BCUT2D eigenvalue weighted by Gasteiger charge is -2.41. The van der Waals surface area contributed by atoms with Crippen LogP contribution in [0.3, 0.4) is 0 Å². The zero-order valence-corrected chi connectivity index (χ0v) is 15.3. The number of carbonyl (C=O) groups excluding carboxylic acids is 2. The molecule has 0 radical (unpaired) electrons. The molecule has 1 fully saturated rings. The fraction of sp³-hybridized carbons (Fsp3) is 0.444. The highest BCUT2D eigenvalue weighted by Crippen LogP contribution is 2.24. The topological polar surface area (TPSA) is 93.9 Å². The van der Waals surface area contributed by atoms with E-state index in [1.165, 1.54) is 18.2 Å². The molecule has 0 unspecified atom stereocenters. The average molecular weight is 376 g/mol. The number of hydrazine groups is 1. The largest absolute Gasteiger partial charge is 0.341 e. The molecule has 3 amide bonds. The van der Waals surface area contributed by atoms with Crippen LogP contribution < -0.4 is 16.4 Å². The zero-order valence-electron chi connectivity index (χ0n) is 15.3. The maximum absolute atomic E-state index is 13.3. The first kappa shape index (κ1) is 19.1. The molecule has 2 aliphatic rings. The number of carbonyl (C=O) groups is 2. The monoisotopic (exact) mass is 376 g/mol. The Balaban J connectivity index is 1.59. The van der Waals surface area contributed by atoms with Crippen molar-refractivity contribution in [1.29, 1.82) is 0 Å². The van der Waals surface area contributed by atoms with Crippen LogP contribution in [0.15, 0.2) is 36.2 Å². The summed E-state index contributed by atoms with van der Waals surface area (Å²) >= 11 is 0. The van der Waals surface area contributed by atoms with Crippen LogP contribution in [-0.2, 0) is 4.79 Å². The Labute approximate surface area is 157 Å². The SMILES string of the molecule is CN1CC=C(NC(=O)Nc2cccc(F)c2)N1C1CCN(C(=O)CN)CC1. The van der Waals surface area contributed by atoms with Crippen LogP contribution in [0.1, 0.15) is 12.8 Å². The molecule has 2 aliphatic heterocycles. The minimum Gasteiger partial charge on any atom is -0.341 e. The second-order valence-corrected chi connectivity index (χ2v) is 6.68. The molecule has 2 heterocycles. The van der Waals surface area contributed by atoms with Gasteiger partial charge >= 0.3 is 6.03 Å². The fourth-order valence-corrected chi connectivity index (χ4v) is 3.50. The number of hydrogen-bond donors (Lipinski definition) is 3. The summed E-state index contributed by atoms with van der Waals surface area (Å²) in [5.74, 6) is 0.245. The third-order valence-corrected chi connectivity index (χ3v) is 4.83. The van der Waals surface area contributed by atoms with Crippen molar-refractivity contribution in [3.63, 3.8) is 0 Å². The van der Waals surface area contributed by atoms with Gasteiger partial charge in [0.2, 0.25) is 5.91 Å². The van der Waals surface area contributed by atoms with Crippen molar-refractivity contribution in [2.24, 2.45) is 5.73 Å². The Bertz CT molecular complexity index is 732. The quantitative estimate of drug-likeness (QED) is 0.726. The van der Waals surface area contributed by atoms with Crippen molar-refractivity contribution in [3.05, 3.63) is 42.0 Å². The molecule has 0 atom stereocenters. The maximum atomic E-state index is 13.3. The first-order chi connectivity index (χ1) is 13.0. The van der Waals surface area contributed by atoms with E-state index in [0.29, 0.717) is 31.1 Å². The number of nitrogens with two attached hydrogens (primary N) is 1. The third-order valence-electron chi connectivity index (χ3n) is 4.83. The van der Waals surface area contributed by atoms with E-state index in [1.54, 1.807) is 11.0 Å². The summed E-state index contributed by atoms with van der Waals surface area (Å²) in [5.41, 5.74) is 5.82. The number of nitrogens with zero attached hydrogens (tertiary/aromatic N) is 3. The molecule has 0 spiro atoms. The Morgan fingerprint density at radius 2 is 2.00 bits per heavy atom. The van der Waals surface area contributed by atoms with Crippen LogP contribution in [0.25, 0.3) is 0 Å². The highest BCUT2D eigenvalue weighted by atomic mass is 19.1. The number of nitrogens with one attached hydrogen (secondary N) is 2. The molecule has 3 rings (SSSR count). The molecule has 1 saturated heterocycles. The second-order valence-electron chi connectivity index (χ2n) is 6.68. The van der Waals surface area contributed by atoms with Crippen molar-refractivity contribution in [2.45, 2.75) is 18.9 Å². The Hall–Kier alpha value is -2.65. The highest BCUT2D eigenvalue weighted by molar-refractivity contribution is 5.90. The number of benzene rings is 1. The van der Waals surface area contributed by atoms with Crippen molar-refractivity contribution < 1.29 is 14.0 Å². The van der Waals surface area contributed by atoms with Crippen LogP contribution in [0, 0.1) is 5.82 Å². The Kier molecular flexibility index (Phi) is 5.92. The van der Waals surface area contributed by atoms with Gasteiger partial charge in [-0.1, -0.05) is 6.07 Å². The fourth-order valence-electron chi connectivity index (χ4n) is 3.50. The zero-order chi connectivity index (χ0) is 19.4. The van der Waals surface area contributed by atoms with E-state index in [9.17, 15) is 14.0 Å². The number of piperidine rings is 1.